The normalized spacial score (nSPS) is 29.8. The van der Waals surface area contributed by atoms with E-state index in [0.29, 0.717) is 41.2 Å². The summed E-state index contributed by atoms with van der Waals surface area (Å²) in [5, 5.41) is 11.0. The van der Waals surface area contributed by atoms with E-state index in [0.717, 1.165) is 5.57 Å². The largest absolute Gasteiger partial charge is 0.508 e. The van der Waals surface area contributed by atoms with E-state index in [1.165, 1.54) is 9.80 Å². The highest BCUT2D eigenvalue weighted by atomic mass is 35.5. The third-order valence-corrected chi connectivity index (χ3v) is 10.1. The molecule has 1 N–H and O–H groups in total. The van der Waals surface area contributed by atoms with Gasteiger partial charge in [-0.3, -0.25) is 24.1 Å². The number of aromatic hydroxyl groups is 1. The van der Waals surface area contributed by atoms with Gasteiger partial charge in [0, 0.05) is 17.5 Å². The number of phenols is 1. The molecule has 4 aliphatic rings. The van der Waals surface area contributed by atoms with Crippen LogP contribution >= 0.6 is 11.6 Å². The summed E-state index contributed by atoms with van der Waals surface area (Å²) in [6, 6.07) is 22.9. The number of benzene rings is 3. The predicted molar refractivity (Wildman–Crippen MR) is 161 cm³/mol. The zero-order valence-electron chi connectivity index (χ0n) is 23.7. The van der Waals surface area contributed by atoms with Crippen LogP contribution in [0.25, 0.3) is 0 Å². The fourth-order valence-electron chi connectivity index (χ4n) is 8.33. The number of allylic oxidation sites excluding steroid dienone is 2. The Morgan fingerprint density at radius 3 is 2.37 bits per heavy atom. The maximum atomic E-state index is 15.1. The summed E-state index contributed by atoms with van der Waals surface area (Å²) in [6.45, 7) is 2.30. The molecule has 43 heavy (non-hydrogen) atoms. The minimum Gasteiger partial charge on any atom is -0.508 e. The molecule has 0 radical (unpaired) electrons. The number of imide groups is 2. The topological polar surface area (TPSA) is 95.0 Å². The van der Waals surface area contributed by atoms with Gasteiger partial charge in [-0.25, -0.2) is 4.90 Å². The van der Waals surface area contributed by atoms with Crippen molar-refractivity contribution in [3.63, 3.8) is 0 Å². The maximum Gasteiger partial charge on any atom is 0.246 e. The molecule has 6 atom stereocenters. The molecular formula is C35H31ClN2O5. The first-order chi connectivity index (χ1) is 20.8. The first kappa shape index (κ1) is 27.6. The summed E-state index contributed by atoms with van der Waals surface area (Å²) >= 11 is 6.33. The number of hydrogen-bond donors (Lipinski definition) is 1. The van der Waals surface area contributed by atoms with E-state index in [2.05, 4.69) is 0 Å². The highest BCUT2D eigenvalue weighted by Gasteiger charge is 2.70. The molecule has 2 aliphatic heterocycles. The van der Waals surface area contributed by atoms with Crippen LogP contribution in [-0.2, 0) is 24.6 Å². The summed E-state index contributed by atoms with van der Waals surface area (Å²) in [5.74, 6) is -4.02. The van der Waals surface area contributed by atoms with Crippen LogP contribution in [0.4, 0.5) is 5.69 Å². The fraction of sp³-hybridized carbons (Fsp3) is 0.314. The van der Waals surface area contributed by atoms with E-state index >= 15 is 4.79 Å². The molecule has 3 aromatic carbocycles. The lowest BCUT2D eigenvalue weighted by atomic mass is 9.49. The minimum absolute atomic E-state index is 0.0402. The van der Waals surface area contributed by atoms with Gasteiger partial charge in [0.1, 0.15) is 5.75 Å². The summed E-state index contributed by atoms with van der Waals surface area (Å²) < 4.78 is 0. The van der Waals surface area contributed by atoms with Crippen LogP contribution in [0.1, 0.15) is 43.2 Å². The standard InChI is InChI=1S/C35H31ClN2O5/c1-2-16-37-31(40)26-15-14-25-27(29(26)33(37)42)19-28-32(41)38(23-12-7-11-22(36)18-23)34(43)35(28,21-9-4-3-5-10-21)30(25)20-8-6-13-24(39)17-20/h3-14,17-18,26-30,39H,2,15-16,19H2,1H3/t26-,27+,28-,29-,30-,35+/m0/s1. The quantitative estimate of drug-likeness (QED) is 0.306. The van der Waals surface area contributed by atoms with E-state index in [1.54, 1.807) is 42.5 Å². The lowest BCUT2D eigenvalue weighted by Gasteiger charge is -2.50. The molecule has 218 valence electrons. The van der Waals surface area contributed by atoms with E-state index in [9.17, 15) is 19.5 Å². The van der Waals surface area contributed by atoms with Crippen LogP contribution < -0.4 is 4.90 Å². The van der Waals surface area contributed by atoms with Crippen LogP contribution in [0.2, 0.25) is 5.02 Å². The van der Waals surface area contributed by atoms with E-state index in [4.69, 9.17) is 11.6 Å². The van der Waals surface area contributed by atoms with Crippen LogP contribution in [0.3, 0.4) is 0 Å². The molecule has 7 rings (SSSR count). The number of carbonyl (C=O) groups excluding carboxylic acids is 4. The number of halogens is 1. The first-order valence-corrected chi connectivity index (χ1v) is 15.2. The smallest absolute Gasteiger partial charge is 0.246 e. The lowest BCUT2D eigenvalue weighted by molar-refractivity contribution is -0.140. The van der Waals surface area contributed by atoms with Crippen LogP contribution in [0.15, 0.2) is 90.5 Å². The van der Waals surface area contributed by atoms with Gasteiger partial charge in [-0.1, -0.05) is 78.7 Å². The van der Waals surface area contributed by atoms with Crippen LogP contribution in [-0.4, -0.2) is 40.2 Å². The number of nitrogens with zero attached hydrogens (tertiary/aromatic N) is 2. The third kappa shape index (κ3) is 3.87. The second kappa shape index (κ2) is 10.2. The summed E-state index contributed by atoms with van der Waals surface area (Å²) in [6.07, 6.45) is 3.32. The number of anilines is 1. The average Bonchev–Trinajstić information content (AvgIpc) is 3.38. The van der Waals surface area contributed by atoms with Crippen molar-refractivity contribution in [2.24, 2.45) is 23.7 Å². The Morgan fingerprint density at radius 1 is 0.884 bits per heavy atom. The summed E-state index contributed by atoms with van der Waals surface area (Å²) in [4.78, 5) is 59.6. The van der Waals surface area contributed by atoms with Gasteiger partial charge in [0.15, 0.2) is 0 Å². The summed E-state index contributed by atoms with van der Waals surface area (Å²) in [7, 11) is 0. The summed E-state index contributed by atoms with van der Waals surface area (Å²) in [5.41, 5.74) is 1.29. The second-order valence-electron chi connectivity index (χ2n) is 12.0. The van der Waals surface area contributed by atoms with Crippen molar-refractivity contribution in [3.8, 4) is 5.75 Å². The van der Waals surface area contributed by atoms with Crippen LogP contribution in [0.5, 0.6) is 5.75 Å². The van der Waals surface area contributed by atoms with Gasteiger partial charge in [-0.05, 0) is 66.6 Å². The van der Waals surface area contributed by atoms with Crippen molar-refractivity contribution in [1.29, 1.82) is 0 Å². The maximum absolute atomic E-state index is 15.1. The Hall–Kier alpha value is -4.23. The molecule has 0 aromatic heterocycles. The molecule has 2 aliphatic carbocycles. The second-order valence-corrected chi connectivity index (χ2v) is 12.5. The molecule has 0 bridgehead atoms. The lowest BCUT2D eigenvalue weighted by Crippen LogP contribution is -2.53. The average molecular weight is 595 g/mol. The van der Waals surface area contributed by atoms with Gasteiger partial charge >= 0.3 is 0 Å². The van der Waals surface area contributed by atoms with Crippen molar-refractivity contribution in [1.82, 2.24) is 4.90 Å². The molecule has 8 heteroatoms. The molecule has 2 saturated heterocycles. The third-order valence-electron chi connectivity index (χ3n) is 9.91. The number of fused-ring (bicyclic) bond motifs is 4. The van der Waals surface area contributed by atoms with Crippen molar-refractivity contribution >= 4 is 40.9 Å². The van der Waals surface area contributed by atoms with Crippen molar-refractivity contribution in [2.75, 3.05) is 11.4 Å². The first-order valence-electron chi connectivity index (χ1n) is 14.8. The van der Waals surface area contributed by atoms with E-state index in [-0.39, 0.29) is 35.8 Å². The highest BCUT2D eigenvalue weighted by molar-refractivity contribution is 6.32. The predicted octanol–water partition coefficient (Wildman–Crippen LogP) is 5.62. The Morgan fingerprint density at radius 2 is 1.65 bits per heavy atom. The minimum atomic E-state index is -1.35. The number of amides is 4. The molecule has 7 nitrogen and oxygen atoms in total. The van der Waals surface area contributed by atoms with Gasteiger partial charge in [0.05, 0.1) is 28.9 Å². The van der Waals surface area contributed by atoms with Crippen molar-refractivity contribution in [2.45, 2.75) is 37.5 Å². The van der Waals surface area contributed by atoms with Gasteiger partial charge in [0.25, 0.3) is 0 Å². The zero-order chi connectivity index (χ0) is 30.0. The fourth-order valence-corrected chi connectivity index (χ4v) is 8.52. The molecule has 3 aromatic rings. The zero-order valence-corrected chi connectivity index (χ0v) is 24.4. The van der Waals surface area contributed by atoms with Crippen molar-refractivity contribution < 1.29 is 24.3 Å². The Bertz CT molecular complexity index is 1700. The molecule has 3 fully saturated rings. The van der Waals surface area contributed by atoms with Crippen molar-refractivity contribution in [3.05, 3.63) is 107 Å². The number of rotatable bonds is 5. The van der Waals surface area contributed by atoms with Gasteiger partial charge < -0.3 is 5.11 Å². The number of phenolic OH excluding ortho intramolecular Hbond substituents is 1. The molecule has 0 spiro atoms. The molecule has 1 saturated carbocycles. The SMILES string of the molecule is CCCN1C(=O)[C@H]2[C@H](CC=C3[C@H]2C[C@H]2C(=O)N(c4cccc(Cl)c4)C(=O)[C@@]2(c2ccccc2)[C@H]3c2cccc(O)c2)C1=O. The number of likely N-dealkylation sites (tertiary alicyclic amines) is 1. The number of hydrogen-bond acceptors (Lipinski definition) is 5. The van der Waals surface area contributed by atoms with Gasteiger partial charge in [-0.2, -0.15) is 0 Å². The number of carbonyl (C=O) groups is 4. The molecular weight excluding hydrogens is 564 g/mol. The van der Waals surface area contributed by atoms with Gasteiger partial charge in [-0.15, -0.1) is 0 Å². The van der Waals surface area contributed by atoms with Gasteiger partial charge in [0.2, 0.25) is 23.6 Å². The van der Waals surface area contributed by atoms with E-state index in [1.807, 2.05) is 49.4 Å². The molecule has 4 amide bonds. The van der Waals surface area contributed by atoms with E-state index < -0.39 is 35.0 Å². The Balaban J connectivity index is 1.49. The molecule has 2 heterocycles. The molecule has 0 unspecified atom stereocenters. The monoisotopic (exact) mass is 594 g/mol. The Kier molecular flexibility index (Phi) is 6.54. The van der Waals surface area contributed by atoms with Crippen LogP contribution in [0, 0.1) is 23.7 Å². The highest BCUT2D eigenvalue weighted by Crippen LogP contribution is 2.64. The Labute approximate surface area is 254 Å².